The van der Waals surface area contributed by atoms with E-state index in [-0.39, 0.29) is 11.6 Å². The molecule has 4 rings (SSSR count). The van der Waals surface area contributed by atoms with Gasteiger partial charge in [-0.05, 0) is 55.5 Å². The van der Waals surface area contributed by atoms with Gasteiger partial charge in [-0.15, -0.1) is 0 Å². The summed E-state index contributed by atoms with van der Waals surface area (Å²) in [5, 5.41) is 2.84. The summed E-state index contributed by atoms with van der Waals surface area (Å²) in [5.41, 5.74) is 2.75. The highest BCUT2D eigenvalue weighted by atomic mass is 32.1. The Hall–Kier alpha value is -3.52. The number of aromatic nitrogens is 4. The molecule has 0 aliphatic heterocycles. The molecule has 2 aromatic heterocycles. The van der Waals surface area contributed by atoms with Gasteiger partial charge < -0.3 is 15.0 Å². The van der Waals surface area contributed by atoms with E-state index in [2.05, 4.69) is 20.3 Å². The summed E-state index contributed by atoms with van der Waals surface area (Å²) in [6.45, 7) is 2.50. The van der Waals surface area contributed by atoms with Crippen molar-refractivity contribution in [1.82, 2.24) is 19.5 Å². The van der Waals surface area contributed by atoms with Gasteiger partial charge in [0.25, 0.3) is 5.91 Å². The van der Waals surface area contributed by atoms with Crippen LogP contribution in [0.5, 0.6) is 5.75 Å². The molecular formula is C20H17N5O2S. The van der Waals surface area contributed by atoms with Gasteiger partial charge >= 0.3 is 0 Å². The number of carbonyl (C=O) groups is 1. The van der Waals surface area contributed by atoms with Crippen LogP contribution < -0.4 is 10.1 Å². The van der Waals surface area contributed by atoms with E-state index >= 15 is 0 Å². The minimum atomic E-state index is -0.354. The van der Waals surface area contributed by atoms with Crippen molar-refractivity contribution in [2.75, 3.05) is 11.9 Å². The van der Waals surface area contributed by atoms with E-state index in [1.54, 1.807) is 28.8 Å². The van der Waals surface area contributed by atoms with E-state index in [0.717, 1.165) is 11.4 Å². The first-order valence-corrected chi connectivity index (χ1v) is 9.13. The van der Waals surface area contributed by atoms with Gasteiger partial charge in [0.05, 0.1) is 6.61 Å². The molecule has 2 aromatic carbocycles. The number of hydrogen-bond donors (Lipinski definition) is 2. The number of rotatable bonds is 5. The number of amides is 1. The minimum Gasteiger partial charge on any atom is -0.494 e. The summed E-state index contributed by atoms with van der Waals surface area (Å²) in [5.74, 6) is 0.391. The number of nitrogens with zero attached hydrogens (tertiary/aromatic N) is 3. The lowest BCUT2D eigenvalue weighted by Crippen LogP contribution is -2.14. The van der Waals surface area contributed by atoms with E-state index in [9.17, 15) is 4.79 Å². The van der Waals surface area contributed by atoms with Crippen LogP contribution in [0.15, 0.2) is 60.9 Å². The molecule has 140 valence electrons. The Morgan fingerprint density at radius 1 is 1.14 bits per heavy atom. The zero-order valence-corrected chi connectivity index (χ0v) is 15.9. The molecule has 0 unspecified atom stereocenters. The number of imidazole rings is 1. The number of para-hydroxylation sites is 1. The average molecular weight is 391 g/mol. The number of anilines is 1. The lowest BCUT2D eigenvalue weighted by Gasteiger charge is -2.07. The number of benzene rings is 2. The third kappa shape index (κ3) is 3.37. The van der Waals surface area contributed by atoms with Crippen LogP contribution in [-0.4, -0.2) is 32.0 Å². The molecule has 0 saturated carbocycles. The third-order valence-corrected chi connectivity index (χ3v) is 4.41. The predicted octanol–water partition coefficient (Wildman–Crippen LogP) is 4.13. The second kappa shape index (κ2) is 7.61. The summed E-state index contributed by atoms with van der Waals surface area (Å²) in [6.07, 6.45) is 1.36. The lowest BCUT2D eigenvalue weighted by molar-refractivity contribution is 0.102. The fourth-order valence-corrected chi connectivity index (χ4v) is 3.19. The van der Waals surface area contributed by atoms with Crippen molar-refractivity contribution in [3.05, 3.63) is 71.4 Å². The number of carbonyl (C=O) groups excluding carboxylic acids is 1. The number of nitrogens with one attached hydrogen (secondary N) is 2. The maximum atomic E-state index is 12.8. The molecule has 2 N–H and O–H groups in total. The van der Waals surface area contributed by atoms with E-state index in [0.29, 0.717) is 28.2 Å². The Labute approximate surface area is 166 Å². The monoisotopic (exact) mass is 391 g/mol. The molecule has 0 bridgehead atoms. The first-order chi connectivity index (χ1) is 13.7. The topological polar surface area (TPSA) is 84.8 Å². The third-order valence-electron chi connectivity index (χ3n) is 4.13. The summed E-state index contributed by atoms with van der Waals surface area (Å²) in [4.78, 5) is 24.3. The summed E-state index contributed by atoms with van der Waals surface area (Å²) >= 11 is 5.44. The number of fused-ring (bicyclic) bond motifs is 1. The average Bonchev–Trinajstić information content (AvgIpc) is 3.06. The van der Waals surface area contributed by atoms with Crippen LogP contribution in [0.25, 0.3) is 16.9 Å². The number of ether oxygens (including phenoxy) is 1. The highest BCUT2D eigenvalue weighted by molar-refractivity contribution is 7.71. The van der Waals surface area contributed by atoms with Crippen molar-refractivity contribution in [3.8, 4) is 11.4 Å². The van der Waals surface area contributed by atoms with Gasteiger partial charge in [-0.1, -0.05) is 18.2 Å². The van der Waals surface area contributed by atoms with Crippen molar-refractivity contribution < 1.29 is 9.53 Å². The van der Waals surface area contributed by atoms with E-state index < -0.39 is 0 Å². The van der Waals surface area contributed by atoms with Crippen LogP contribution in [0, 0.1) is 4.77 Å². The smallest absolute Gasteiger partial charge is 0.276 e. The maximum Gasteiger partial charge on any atom is 0.276 e. The van der Waals surface area contributed by atoms with Crippen LogP contribution in [0.4, 0.5) is 5.69 Å². The van der Waals surface area contributed by atoms with Crippen LogP contribution in [0.1, 0.15) is 17.4 Å². The number of aromatic amines is 1. The SMILES string of the molecule is CCOc1ccc(NC(=O)c2ncnc3c2[nH]c(=S)n3-c2ccccc2)cc1. The van der Waals surface area contributed by atoms with Crippen LogP contribution in [0.3, 0.4) is 0 Å². The van der Waals surface area contributed by atoms with Gasteiger partial charge in [0.2, 0.25) is 0 Å². The fraction of sp³-hybridized carbons (Fsp3) is 0.100. The first kappa shape index (κ1) is 17.9. The van der Waals surface area contributed by atoms with Crippen LogP contribution in [0.2, 0.25) is 0 Å². The fourth-order valence-electron chi connectivity index (χ4n) is 2.90. The molecule has 0 fully saturated rings. The van der Waals surface area contributed by atoms with Crippen molar-refractivity contribution in [1.29, 1.82) is 0 Å². The van der Waals surface area contributed by atoms with Gasteiger partial charge in [0, 0.05) is 11.4 Å². The molecule has 1 amide bonds. The minimum absolute atomic E-state index is 0.222. The molecule has 4 aromatic rings. The second-order valence-corrected chi connectivity index (χ2v) is 6.32. The Morgan fingerprint density at radius 3 is 2.61 bits per heavy atom. The predicted molar refractivity (Wildman–Crippen MR) is 110 cm³/mol. The molecule has 0 saturated heterocycles. The van der Waals surface area contributed by atoms with Crippen molar-refractivity contribution in [3.63, 3.8) is 0 Å². The van der Waals surface area contributed by atoms with Crippen LogP contribution >= 0.6 is 12.2 Å². The van der Waals surface area contributed by atoms with E-state index in [1.807, 2.05) is 37.3 Å². The molecule has 8 heteroatoms. The van der Waals surface area contributed by atoms with Gasteiger partial charge in [-0.25, -0.2) is 9.97 Å². The normalized spacial score (nSPS) is 10.8. The molecule has 0 radical (unpaired) electrons. The number of H-pyrrole nitrogens is 1. The summed E-state index contributed by atoms with van der Waals surface area (Å²) < 4.78 is 7.63. The molecule has 0 atom stereocenters. The molecular weight excluding hydrogens is 374 g/mol. The maximum absolute atomic E-state index is 12.8. The van der Waals surface area contributed by atoms with Gasteiger partial charge in [-0.3, -0.25) is 9.36 Å². The summed E-state index contributed by atoms with van der Waals surface area (Å²) in [6, 6.07) is 16.7. The van der Waals surface area contributed by atoms with Gasteiger partial charge in [0.1, 0.15) is 17.6 Å². The van der Waals surface area contributed by atoms with Crippen molar-refractivity contribution in [2.45, 2.75) is 6.92 Å². The Morgan fingerprint density at radius 2 is 1.89 bits per heavy atom. The molecule has 7 nitrogen and oxygen atoms in total. The summed E-state index contributed by atoms with van der Waals surface area (Å²) in [7, 11) is 0. The molecule has 28 heavy (non-hydrogen) atoms. The Bertz CT molecular complexity index is 1180. The standard InChI is InChI=1S/C20H17N5O2S/c1-2-27-15-10-8-13(9-11-15)23-19(26)17-16-18(22-12-21-17)25(20(28)24-16)14-6-4-3-5-7-14/h3-12H,2H2,1H3,(H,23,26)(H,24,28). The van der Waals surface area contributed by atoms with Crippen molar-refractivity contribution >= 4 is 35.0 Å². The zero-order chi connectivity index (χ0) is 19.5. The molecule has 0 spiro atoms. The van der Waals surface area contributed by atoms with E-state index in [1.165, 1.54) is 6.33 Å². The van der Waals surface area contributed by atoms with Crippen LogP contribution in [-0.2, 0) is 0 Å². The zero-order valence-electron chi connectivity index (χ0n) is 15.0. The lowest BCUT2D eigenvalue weighted by atomic mass is 10.2. The largest absolute Gasteiger partial charge is 0.494 e. The van der Waals surface area contributed by atoms with Gasteiger partial charge in [-0.2, -0.15) is 0 Å². The highest BCUT2D eigenvalue weighted by Crippen LogP contribution is 2.21. The molecule has 0 aliphatic rings. The number of hydrogen-bond acceptors (Lipinski definition) is 5. The Balaban J connectivity index is 1.69. The molecule has 0 aliphatic carbocycles. The van der Waals surface area contributed by atoms with Crippen molar-refractivity contribution in [2.24, 2.45) is 0 Å². The quantitative estimate of drug-likeness (QED) is 0.500. The van der Waals surface area contributed by atoms with E-state index in [4.69, 9.17) is 17.0 Å². The second-order valence-electron chi connectivity index (χ2n) is 5.93. The first-order valence-electron chi connectivity index (χ1n) is 8.72. The highest BCUT2D eigenvalue weighted by Gasteiger charge is 2.17. The Kier molecular flexibility index (Phi) is 4.86. The van der Waals surface area contributed by atoms with Gasteiger partial charge in [0.15, 0.2) is 16.1 Å². The molecule has 2 heterocycles.